The highest BCUT2D eigenvalue weighted by atomic mass is 16.1. The van der Waals surface area contributed by atoms with Gasteiger partial charge in [0.25, 0.3) is 0 Å². The summed E-state index contributed by atoms with van der Waals surface area (Å²) in [5.74, 6) is -0.159. The lowest BCUT2D eigenvalue weighted by Gasteiger charge is -2.19. The molecular weight excluding hydrogens is 394 g/mol. The van der Waals surface area contributed by atoms with Crippen LogP contribution in [0.15, 0.2) is 125 Å². The smallest absolute Gasteiger partial charge is 0.213 e. The molecule has 0 aromatic heterocycles. The molecule has 0 aliphatic rings. The maximum atomic E-state index is 13.0. The first-order valence-corrected chi connectivity index (χ1v) is 10.4. The van der Waals surface area contributed by atoms with E-state index < -0.39 is 0 Å². The summed E-state index contributed by atoms with van der Waals surface area (Å²) in [5, 5.41) is 8.52. The van der Waals surface area contributed by atoms with E-state index in [9.17, 15) is 4.79 Å². The molecular formula is C28H23N3O. The molecule has 0 bridgehead atoms. The topological polar surface area (TPSA) is 45.0 Å². The van der Waals surface area contributed by atoms with Gasteiger partial charge in [-0.3, -0.25) is 4.79 Å². The lowest BCUT2D eigenvalue weighted by molar-refractivity contribution is 0.106. The molecule has 0 amide bonds. The molecule has 0 atom stereocenters. The summed E-state index contributed by atoms with van der Waals surface area (Å²) in [6, 6.07) is 36.7. The van der Waals surface area contributed by atoms with E-state index in [-0.39, 0.29) is 5.78 Å². The molecule has 0 aliphatic heterocycles. The Morgan fingerprint density at radius 1 is 0.656 bits per heavy atom. The fraction of sp³-hybridized carbons (Fsp3) is 0.0357. The number of benzene rings is 4. The highest BCUT2D eigenvalue weighted by Gasteiger charge is 2.16. The van der Waals surface area contributed by atoms with Crippen molar-refractivity contribution in [1.82, 2.24) is 0 Å². The van der Waals surface area contributed by atoms with Gasteiger partial charge >= 0.3 is 0 Å². The maximum Gasteiger partial charge on any atom is 0.213 e. The second-order valence-corrected chi connectivity index (χ2v) is 7.24. The quantitative estimate of drug-likeness (QED) is 0.205. The summed E-state index contributed by atoms with van der Waals surface area (Å²) in [4.78, 5) is 15.1. The van der Waals surface area contributed by atoms with Crippen molar-refractivity contribution >= 4 is 29.1 Å². The van der Waals surface area contributed by atoms with Crippen molar-refractivity contribution in [2.75, 3.05) is 11.9 Å². The van der Waals surface area contributed by atoms with Crippen molar-refractivity contribution in [3.63, 3.8) is 0 Å². The van der Waals surface area contributed by atoms with Crippen molar-refractivity contribution in [1.29, 1.82) is 0 Å². The molecule has 4 heteroatoms. The van der Waals surface area contributed by atoms with Crippen LogP contribution in [0.5, 0.6) is 0 Å². The highest BCUT2D eigenvalue weighted by molar-refractivity contribution is 6.51. The third-order valence-corrected chi connectivity index (χ3v) is 5.09. The van der Waals surface area contributed by atoms with Gasteiger partial charge in [-0.1, -0.05) is 91.0 Å². The van der Waals surface area contributed by atoms with Crippen LogP contribution in [-0.2, 0) is 0 Å². The van der Waals surface area contributed by atoms with Crippen molar-refractivity contribution in [3.05, 3.63) is 132 Å². The Bertz CT molecular complexity index is 1220. The number of hydrogen-bond donors (Lipinski definition) is 0. The Morgan fingerprint density at radius 3 is 1.75 bits per heavy atom. The maximum absolute atomic E-state index is 13.0. The van der Waals surface area contributed by atoms with Crippen LogP contribution in [0.25, 0.3) is 0 Å². The minimum absolute atomic E-state index is 0.159. The molecule has 0 radical (unpaired) electrons. The van der Waals surface area contributed by atoms with Gasteiger partial charge in [0.1, 0.15) is 5.71 Å². The number of carbonyl (C=O) groups excluding carboxylic acids is 1. The first-order valence-electron chi connectivity index (χ1n) is 10.4. The number of para-hydroxylation sites is 1. The SMILES string of the molecule is CN(c1ccccc1)c1ccc(C=NN=C(C(=O)c2ccccc2)c2ccccc2)cc1. The monoisotopic (exact) mass is 417 g/mol. The van der Waals surface area contributed by atoms with E-state index in [1.807, 2.05) is 98.0 Å². The van der Waals surface area contributed by atoms with Gasteiger partial charge in [0.05, 0.1) is 6.21 Å². The zero-order valence-electron chi connectivity index (χ0n) is 17.8. The second kappa shape index (κ2) is 10.1. The summed E-state index contributed by atoms with van der Waals surface area (Å²) in [7, 11) is 2.03. The molecule has 4 aromatic rings. The second-order valence-electron chi connectivity index (χ2n) is 7.24. The predicted octanol–water partition coefficient (Wildman–Crippen LogP) is 6.16. The Morgan fingerprint density at radius 2 is 1.16 bits per heavy atom. The van der Waals surface area contributed by atoms with Crippen LogP contribution in [0.4, 0.5) is 11.4 Å². The number of nitrogens with zero attached hydrogens (tertiary/aromatic N) is 3. The van der Waals surface area contributed by atoms with Gasteiger partial charge in [0.2, 0.25) is 5.78 Å². The Hall–Kier alpha value is -4.31. The number of hydrogen-bond acceptors (Lipinski definition) is 4. The Labute approximate surface area is 188 Å². The summed E-state index contributed by atoms with van der Waals surface area (Å²) in [5.41, 5.74) is 4.72. The summed E-state index contributed by atoms with van der Waals surface area (Å²) >= 11 is 0. The molecule has 4 aromatic carbocycles. The fourth-order valence-corrected chi connectivity index (χ4v) is 3.29. The first kappa shape index (κ1) is 20.9. The lowest BCUT2D eigenvalue weighted by Crippen LogP contribution is -2.15. The third kappa shape index (κ3) is 5.05. The highest BCUT2D eigenvalue weighted by Crippen LogP contribution is 2.23. The van der Waals surface area contributed by atoms with Crippen LogP contribution in [0.1, 0.15) is 21.5 Å². The minimum Gasteiger partial charge on any atom is -0.345 e. The van der Waals surface area contributed by atoms with E-state index in [2.05, 4.69) is 27.2 Å². The van der Waals surface area contributed by atoms with E-state index >= 15 is 0 Å². The minimum atomic E-state index is -0.159. The van der Waals surface area contributed by atoms with Gasteiger partial charge in [-0.25, -0.2) is 0 Å². The van der Waals surface area contributed by atoms with Crippen LogP contribution in [0.3, 0.4) is 0 Å². The number of Topliss-reactive ketones (excluding diaryl/α,β-unsaturated/α-hetero) is 1. The Balaban J connectivity index is 1.56. The third-order valence-electron chi connectivity index (χ3n) is 5.09. The number of ketones is 1. The van der Waals surface area contributed by atoms with Crippen molar-refractivity contribution < 1.29 is 4.79 Å². The predicted molar refractivity (Wildman–Crippen MR) is 132 cm³/mol. The van der Waals surface area contributed by atoms with Crippen molar-refractivity contribution in [3.8, 4) is 0 Å². The van der Waals surface area contributed by atoms with Gasteiger partial charge in [0, 0.05) is 29.5 Å². The molecule has 0 saturated carbocycles. The molecule has 156 valence electrons. The fourth-order valence-electron chi connectivity index (χ4n) is 3.29. The molecule has 0 unspecified atom stereocenters. The summed E-state index contributed by atoms with van der Waals surface area (Å²) < 4.78 is 0. The zero-order valence-corrected chi connectivity index (χ0v) is 17.8. The molecule has 0 heterocycles. The molecule has 4 nitrogen and oxygen atoms in total. The molecule has 0 saturated heterocycles. The van der Waals surface area contributed by atoms with E-state index in [0.717, 1.165) is 22.5 Å². The number of anilines is 2. The Kier molecular flexibility index (Phi) is 6.63. The van der Waals surface area contributed by atoms with E-state index in [0.29, 0.717) is 11.3 Å². The molecule has 0 fully saturated rings. The average molecular weight is 418 g/mol. The van der Waals surface area contributed by atoms with Gasteiger partial charge < -0.3 is 4.90 Å². The zero-order chi connectivity index (χ0) is 22.2. The van der Waals surface area contributed by atoms with Crippen LogP contribution in [0, 0.1) is 0 Å². The molecule has 0 N–H and O–H groups in total. The van der Waals surface area contributed by atoms with Crippen LogP contribution < -0.4 is 4.90 Å². The van der Waals surface area contributed by atoms with Gasteiger partial charge in [-0.2, -0.15) is 5.10 Å². The molecule has 32 heavy (non-hydrogen) atoms. The van der Waals surface area contributed by atoms with Crippen LogP contribution in [-0.4, -0.2) is 24.8 Å². The van der Waals surface area contributed by atoms with Crippen molar-refractivity contribution in [2.45, 2.75) is 0 Å². The van der Waals surface area contributed by atoms with E-state index in [1.165, 1.54) is 0 Å². The lowest BCUT2D eigenvalue weighted by atomic mass is 10.0. The average Bonchev–Trinajstić information content (AvgIpc) is 2.88. The summed E-state index contributed by atoms with van der Waals surface area (Å²) in [6.45, 7) is 0. The van der Waals surface area contributed by atoms with Crippen LogP contribution in [0.2, 0.25) is 0 Å². The first-order chi connectivity index (χ1) is 15.7. The van der Waals surface area contributed by atoms with E-state index in [1.54, 1.807) is 18.3 Å². The van der Waals surface area contributed by atoms with Gasteiger partial charge in [-0.05, 0) is 29.8 Å². The van der Waals surface area contributed by atoms with Gasteiger partial charge in [-0.15, -0.1) is 5.10 Å². The molecule has 0 spiro atoms. The largest absolute Gasteiger partial charge is 0.345 e. The van der Waals surface area contributed by atoms with Gasteiger partial charge in [0.15, 0.2) is 0 Å². The number of rotatable bonds is 7. The van der Waals surface area contributed by atoms with E-state index in [4.69, 9.17) is 0 Å². The molecule has 0 aliphatic carbocycles. The molecule has 4 rings (SSSR count). The van der Waals surface area contributed by atoms with Crippen LogP contribution >= 0.6 is 0 Å². The summed E-state index contributed by atoms with van der Waals surface area (Å²) in [6.07, 6.45) is 1.66. The number of carbonyl (C=O) groups is 1. The van der Waals surface area contributed by atoms with Crippen molar-refractivity contribution in [2.24, 2.45) is 10.2 Å². The standard InChI is InChI=1S/C28H23N3O/c1-31(25-15-9-4-10-16-25)26-19-17-22(18-20-26)21-29-30-27(23-11-5-2-6-12-23)28(32)24-13-7-3-8-14-24/h2-21H,1H3. The normalized spacial score (nSPS) is 11.5.